The molecule has 2 aliphatic rings. The van der Waals surface area contributed by atoms with Gasteiger partial charge in [-0.1, -0.05) is 0 Å². The highest BCUT2D eigenvalue weighted by atomic mass is 19.1. The maximum absolute atomic E-state index is 13.2. The van der Waals surface area contributed by atoms with Gasteiger partial charge in [0.1, 0.15) is 0 Å². The number of hydrogen-bond donors (Lipinski definition) is 1. The fourth-order valence-corrected chi connectivity index (χ4v) is 1.79. The van der Waals surface area contributed by atoms with Crippen LogP contribution in [-0.2, 0) is 0 Å². The predicted molar refractivity (Wildman–Crippen MR) is 59.6 cm³/mol. The number of phenols is 1. The molecule has 1 aliphatic carbocycles. The Labute approximate surface area is 103 Å². The number of aromatic hydroxyl groups is 1. The summed E-state index contributed by atoms with van der Waals surface area (Å²) in [6, 6.07) is 3.22. The van der Waals surface area contributed by atoms with E-state index in [-0.39, 0.29) is 27.3 Å². The molecule has 5 nitrogen and oxygen atoms in total. The summed E-state index contributed by atoms with van der Waals surface area (Å²) in [5.74, 6) is -2.96. The second kappa shape index (κ2) is 3.64. The molecule has 1 aliphatic heterocycles. The highest BCUT2D eigenvalue weighted by Gasteiger charge is 2.23. The number of nitrogens with zero attached hydrogens (tertiary/aromatic N) is 1. The maximum atomic E-state index is 13.2. The average molecular weight is 265 g/mol. The molecule has 1 heterocycles. The molecule has 1 aromatic rings. The van der Waals surface area contributed by atoms with Crippen molar-refractivity contribution in [1.82, 2.24) is 0 Å². The standard InChI is InChI=1S/C12H5F2NO4/c13-5-1-7-11(3-9(5)16)19-12-4-10(17)6(14)2-8(12)15(7)18/h1-4,16H. The third-order valence-electron chi connectivity index (χ3n) is 2.70. The average Bonchev–Trinajstić information content (AvgIpc) is 2.35. The van der Waals surface area contributed by atoms with Crippen LogP contribution in [0.2, 0.25) is 0 Å². The number of rotatable bonds is 0. The van der Waals surface area contributed by atoms with Crippen LogP contribution in [0.4, 0.5) is 8.78 Å². The van der Waals surface area contributed by atoms with E-state index < -0.39 is 22.8 Å². The Hall–Kier alpha value is -2.70. The molecule has 1 aromatic carbocycles. The van der Waals surface area contributed by atoms with Crippen molar-refractivity contribution in [2.24, 2.45) is 0 Å². The molecule has 0 unspecified atom stereocenters. The predicted octanol–water partition coefficient (Wildman–Crippen LogP) is 1.51. The minimum atomic E-state index is -1.11. The number of fused-ring (bicyclic) bond motifs is 2. The van der Waals surface area contributed by atoms with Crippen LogP contribution < -0.4 is 10.2 Å². The lowest BCUT2D eigenvalue weighted by molar-refractivity contribution is -0.566. The molecule has 0 bridgehead atoms. The molecule has 0 spiro atoms. The zero-order chi connectivity index (χ0) is 13.7. The fraction of sp³-hybridized carbons (Fsp3) is 0. The molecule has 0 aromatic heterocycles. The van der Waals surface area contributed by atoms with Crippen molar-refractivity contribution in [3.8, 4) is 17.2 Å². The van der Waals surface area contributed by atoms with Crippen LogP contribution in [0.1, 0.15) is 0 Å². The Balaban J connectivity index is 2.53. The van der Waals surface area contributed by atoms with Gasteiger partial charge in [-0.25, -0.2) is 8.78 Å². The monoisotopic (exact) mass is 265 g/mol. The molecule has 0 amide bonds. The van der Waals surface area contributed by atoms with Crippen molar-refractivity contribution >= 4 is 11.1 Å². The van der Waals surface area contributed by atoms with Crippen molar-refractivity contribution < 1.29 is 23.0 Å². The van der Waals surface area contributed by atoms with Crippen molar-refractivity contribution in [2.75, 3.05) is 0 Å². The van der Waals surface area contributed by atoms with Crippen molar-refractivity contribution in [2.45, 2.75) is 0 Å². The summed E-state index contributed by atoms with van der Waals surface area (Å²) in [6.07, 6.45) is 0. The summed E-state index contributed by atoms with van der Waals surface area (Å²) in [5.41, 5.74) is -1.51. The van der Waals surface area contributed by atoms with E-state index in [0.29, 0.717) is 0 Å². The van der Waals surface area contributed by atoms with E-state index in [0.717, 1.165) is 24.3 Å². The Morgan fingerprint density at radius 2 is 1.89 bits per heavy atom. The molecule has 0 radical (unpaired) electrons. The first-order valence-electron chi connectivity index (χ1n) is 5.15. The van der Waals surface area contributed by atoms with E-state index in [1.165, 1.54) is 0 Å². The van der Waals surface area contributed by atoms with E-state index in [2.05, 4.69) is 0 Å². The molecule has 0 atom stereocenters. The zero-order valence-electron chi connectivity index (χ0n) is 9.18. The molecular formula is C12H5F2NO4. The van der Waals surface area contributed by atoms with Gasteiger partial charge in [-0.05, 0) is 0 Å². The second-order valence-corrected chi connectivity index (χ2v) is 3.92. The Bertz CT molecular complexity index is 843. The number of phenolic OH excluding ortho intramolecular Hbond substituents is 1. The first kappa shape index (κ1) is 11.4. The summed E-state index contributed by atoms with van der Waals surface area (Å²) in [5, 5.41) is 21.2. The van der Waals surface area contributed by atoms with Crippen LogP contribution in [0.3, 0.4) is 0 Å². The number of benzene rings is 2. The van der Waals surface area contributed by atoms with Crippen LogP contribution in [0.5, 0.6) is 5.75 Å². The largest absolute Gasteiger partial charge is 0.618 e. The van der Waals surface area contributed by atoms with E-state index >= 15 is 0 Å². The number of hydrogen-bond acceptors (Lipinski definition) is 4. The first-order chi connectivity index (χ1) is 8.97. The minimum Gasteiger partial charge on any atom is -0.618 e. The molecule has 7 heteroatoms. The lowest BCUT2D eigenvalue weighted by atomic mass is 10.2. The highest BCUT2D eigenvalue weighted by Crippen LogP contribution is 2.26. The smallest absolute Gasteiger partial charge is 0.263 e. The normalized spacial score (nSPS) is 11.3. The summed E-state index contributed by atoms with van der Waals surface area (Å²) in [4.78, 5) is 11.1. The van der Waals surface area contributed by atoms with E-state index in [1.54, 1.807) is 0 Å². The lowest BCUT2D eigenvalue weighted by Crippen LogP contribution is -2.32. The zero-order valence-corrected chi connectivity index (χ0v) is 9.18. The van der Waals surface area contributed by atoms with Gasteiger partial charge in [-0.3, -0.25) is 4.79 Å². The SMILES string of the molecule is O=c1cc2oc3cc(O)c(F)cc3[n+]([O-])c-2cc1F. The van der Waals surface area contributed by atoms with Gasteiger partial charge in [0.25, 0.3) is 11.2 Å². The molecule has 1 N–H and O–H groups in total. The first-order valence-corrected chi connectivity index (χ1v) is 5.15. The van der Waals surface area contributed by atoms with Gasteiger partial charge in [-0.15, -0.1) is 0 Å². The maximum Gasteiger partial charge on any atom is 0.263 e. The van der Waals surface area contributed by atoms with Gasteiger partial charge in [0, 0.05) is 12.1 Å². The summed E-state index contributed by atoms with van der Waals surface area (Å²) in [7, 11) is 0. The molecule has 0 saturated heterocycles. The minimum absolute atomic E-state index is 0.118. The van der Waals surface area contributed by atoms with Gasteiger partial charge < -0.3 is 14.7 Å². The second-order valence-electron chi connectivity index (χ2n) is 3.92. The Kier molecular flexibility index (Phi) is 2.19. The Morgan fingerprint density at radius 3 is 2.63 bits per heavy atom. The van der Waals surface area contributed by atoms with Crippen molar-refractivity contribution in [3.05, 3.63) is 51.3 Å². The summed E-state index contributed by atoms with van der Waals surface area (Å²) in [6.45, 7) is 0. The lowest BCUT2D eigenvalue weighted by Gasteiger charge is -2.09. The van der Waals surface area contributed by atoms with Gasteiger partial charge >= 0.3 is 0 Å². The molecule has 3 rings (SSSR count). The van der Waals surface area contributed by atoms with E-state index in [9.17, 15) is 23.9 Å². The molecule has 0 saturated carbocycles. The van der Waals surface area contributed by atoms with E-state index in [1.807, 2.05) is 0 Å². The van der Waals surface area contributed by atoms with Crippen LogP contribution >= 0.6 is 0 Å². The van der Waals surface area contributed by atoms with E-state index in [4.69, 9.17) is 4.42 Å². The number of aromatic nitrogens is 1. The Morgan fingerprint density at radius 1 is 1.16 bits per heavy atom. The van der Waals surface area contributed by atoms with Gasteiger partial charge in [0.2, 0.25) is 16.8 Å². The third-order valence-corrected chi connectivity index (χ3v) is 2.70. The van der Waals surface area contributed by atoms with Crippen LogP contribution in [0, 0.1) is 16.8 Å². The quantitative estimate of drug-likeness (QED) is 0.379. The summed E-state index contributed by atoms with van der Waals surface area (Å²) < 4.78 is 31.8. The van der Waals surface area contributed by atoms with Crippen LogP contribution in [0.15, 0.2) is 33.5 Å². The molecule has 96 valence electrons. The molecule has 19 heavy (non-hydrogen) atoms. The van der Waals surface area contributed by atoms with Gasteiger partial charge in [-0.2, -0.15) is 4.73 Å². The topological polar surface area (TPSA) is 77.4 Å². The fourth-order valence-electron chi connectivity index (χ4n) is 1.79. The van der Waals surface area contributed by atoms with Crippen LogP contribution in [-0.4, -0.2) is 5.11 Å². The van der Waals surface area contributed by atoms with Gasteiger partial charge in [0.05, 0.1) is 12.1 Å². The molecule has 0 fully saturated rings. The van der Waals surface area contributed by atoms with Crippen LogP contribution in [0.25, 0.3) is 22.6 Å². The highest BCUT2D eigenvalue weighted by molar-refractivity contribution is 5.73. The summed E-state index contributed by atoms with van der Waals surface area (Å²) >= 11 is 0. The number of halogens is 2. The van der Waals surface area contributed by atoms with Gasteiger partial charge in [0.15, 0.2) is 17.4 Å². The molecular weight excluding hydrogens is 260 g/mol. The van der Waals surface area contributed by atoms with Crippen molar-refractivity contribution in [1.29, 1.82) is 0 Å². The third kappa shape index (κ3) is 1.59. The van der Waals surface area contributed by atoms with Crippen molar-refractivity contribution in [3.63, 3.8) is 0 Å².